The minimum absolute atomic E-state index is 0.0692. The van der Waals surface area contributed by atoms with Gasteiger partial charge in [0, 0.05) is 17.0 Å². The zero-order chi connectivity index (χ0) is 16.2. The average molecular weight is 349 g/mol. The van der Waals surface area contributed by atoms with Crippen molar-refractivity contribution in [2.45, 2.75) is 45.1 Å². The fourth-order valence-corrected chi connectivity index (χ4v) is 4.24. The van der Waals surface area contributed by atoms with E-state index in [1.807, 2.05) is 29.6 Å². The van der Waals surface area contributed by atoms with Crippen LogP contribution in [0.3, 0.4) is 0 Å². The molecule has 1 saturated carbocycles. The van der Waals surface area contributed by atoms with Crippen molar-refractivity contribution in [1.29, 1.82) is 0 Å². The molecular formula is C18H21ClN2OS. The average Bonchev–Trinajstić information content (AvgIpc) is 2.98. The monoisotopic (exact) mass is 348 g/mol. The molecule has 0 radical (unpaired) electrons. The summed E-state index contributed by atoms with van der Waals surface area (Å²) in [6, 6.07) is 7.97. The molecule has 1 aromatic heterocycles. The Morgan fingerprint density at radius 2 is 2.13 bits per heavy atom. The van der Waals surface area contributed by atoms with E-state index in [9.17, 15) is 4.79 Å². The molecule has 1 N–H and O–H groups in total. The van der Waals surface area contributed by atoms with E-state index in [1.54, 1.807) is 0 Å². The number of benzene rings is 1. The van der Waals surface area contributed by atoms with Gasteiger partial charge in [-0.15, -0.1) is 11.3 Å². The van der Waals surface area contributed by atoms with Gasteiger partial charge in [-0.05, 0) is 24.8 Å². The van der Waals surface area contributed by atoms with Crippen molar-refractivity contribution in [3.63, 3.8) is 0 Å². The van der Waals surface area contributed by atoms with Gasteiger partial charge in [-0.1, -0.05) is 49.6 Å². The lowest BCUT2D eigenvalue weighted by Crippen LogP contribution is -2.41. The van der Waals surface area contributed by atoms with E-state index < -0.39 is 0 Å². The number of nitrogens with zero attached hydrogens (tertiary/aromatic N) is 1. The van der Waals surface area contributed by atoms with Gasteiger partial charge < -0.3 is 5.32 Å². The first-order chi connectivity index (χ1) is 11.1. The van der Waals surface area contributed by atoms with Gasteiger partial charge in [0.2, 0.25) is 5.91 Å². The smallest absolute Gasteiger partial charge is 0.226 e. The van der Waals surface area contributed by atoms with Gasteiger partial charge >= 0.3 is 0 Å². The Morgan fingerprint density at radius 3 is 2.91 bits per heavy atom. The number of hydrogen-bond acceptors (Lipinski definition) is 3. The molecule has 1 heterocycles. The van der Waals surface area contributed by atoms with E-state index in [2.05, 4.69) is 17.2 Å². The first-order valence-corrected chi connectivity index (χ1v) is 9.38. The summed E-state index contributed by atoms with van der Waals surface area (Å²) in [5, 5.41) is 6.68. The second-order valence-electron chi connectivity index (χ2n) is 6.24. The Labute approximate surface area is 146 Å². The zero-order valence-electron chi connectivity index (χ0n) is 13.2. The Hall–Kier alpha value is -1.39. The van der Waals surface area contributed by atoms with Gasteiger partial charge in [0.1, 0.15) is 5.01 Å². The predicted octanol–water partition coefficient (Wildman–Crippen LogP) is 4.70. The highest BCUT2D eigenvalue weighted by atomic mass is 35.5. The molecule has 5 heteroatoms. The van der Waals surface area contributed by atoms with E-state index in [1.165, 1.54) is 30.6 Å². The predicted molar refractivity (Wildman–Crippen MR) is 95.8 cm³/mol. The molecule has 3 rings (SSSR count). The number of hydrogen-bond donors (Lipinski definition) is 1. The normalized spacial score (nSPS) is 21.1. The second-order valence-corrected chi connectivity index (χ2v) is 7.50. The summed E-state index contributed by atoms with van der Waals surface area (Å²) in [7, 11) is 0. The lowest BCUT2D eigenvalue weighted by molar-refractivity contribution is -0.121. The van der Waals surface area contributed by atoms with E-state index >= 15 is 0 Å². The molecule has 2 aromatic rings. The van der Waals surface area contributed by atoms with Crippen LogP contribution in [0.2, 0.25) is 5.02 Å². The highest BCUT2D eigenvalue weighted by Gasteiger charge is 2.23. The summed E-state index contributed by atoms with van der Waals surface area (Å²) in [6.45, 7) is 2.22. The molecule has 122 valence electrons. The highest BCUT2D eigenvalue weighted by molar-refractivity contribution is 7.13. The van der Waals surface area contributed by atoms with Crippen LogP contribution in [0, 0.1) is 5.92 Å². The van der Waals surface area contributed by atoms with Gasteiger partial charge in [0.15, 0.2) is 0 Å². The lowest BCUT2D eigenvalue weighted by atomic mass is 9.86. The van der Waals surface area contributed by atoms with Crippen LogP contribution in [0.4, 0.5) is 0 Å². The SMILES string of the molecule is CC1CCCCC1NC(=O)Cc1csc(-c2ccccc2Cl)n1. The number of nitrogens with one attached hydrogen (secondary N) is 1. The molecule has 1 aromatic carbocycles. The molecule has 23 heavy (non-hydrogen) atoms. The van der Waals surface area contributed by atoms with Gasteiger partial charge in [-0.2, -0.15) is 0 Å². The second kappa shape index (κ2) is 7.45. The molecule has 0 saturated heterocycles. The molecule has 0 spiro atoms. The Morgan fingerprint density at radius 1 is 1.35 bits per heavy atom. The number of amides is 1. The van der Waals surface area contributed by atoms with Crippen molar-refractivity contribution < 1.29 is 4.79 Å². The molecule has 0 bridgehead atoms. The van der Waals surface area contributed by atoms with Gasteiger partial charge in [-0.25, -0.2) is 4.98 Å². The maximum absolute atomic E-state index is 12.3. The van der Waals surface area contributed by atoms with E-state index in [-0.39, 0.29) is 5.91 Å². The van der Waals surface area contributed by atoms with Crippen LogP contribution < -0.4 is 5.32 Å². The topological polar surface area (TPSA) is 42.0 Å². The van der Waals surface area contributed by atoms with Gasteiger partial charge in [0.25, 0.3) is 0 Å². The van der Waals surface area contributed by atoms with Crippen molar-refractivity contribution in [2.75, 3.05) is 0 Å². The molecule has 1 aliphatic carbocycles. The summed E-state index contributed by atoms with van der Waals surface area (Å²) in [6.07, 6.45) is 5.13. The van der Waals surface area contributed by atoms with Crippen molar-refractivity contribution in [1.82, 2.24) is 10.3 Å². The number of thiazole rings is 1. The van der Waals surface area contributed by atoms with E-state index in [0.29, 0.717) is 23.4 Å². The summed E-state index contributed by atoms with van der Waals surface area (Å²) in [5.74, 6) is 0.640. The number of aromatic nitrogens is 1. The van der Waals surface area contributed by atoms with Crippen LogP contribution >= 0.6 is 22.9 Å². The Balaban J connectivity index is 1.62. The Bertz CT molecular complexity index is 685. The maximum Gasteiger partial charge on any atom is 0.226 e. The zero-order valence-corrected chi connectivity index (χ0v) is 14.8. The minimum Gasteiger partial charge on any atom is -0.353 e. The molecule has 1 fully saturated rings. The fourth-order valence-electron chi connectivity index (χ4n) is 3.10. The minimum atomic E-state index is 0.0692. The van der Waals surface area contributed by atoms with Crippen LogP contribution in [0.5, 0.6) is 0 Å². The van der Waals surface area contributed by atoms with Crippen LogP contribution in [0.1, 0.15) is 38.3 Å². The summed E-state index contributed by atoms with van der Waals surface area (Å²) in [4.78, 5) is 16.8. The summed E-state index contributed by atoms with van der Waals surface area (Å²) >= 11 is 7.74. The summed E-state index contributed by atoms with van der Waals surface area (Å²) in [5.41, 5.74) is 1.73. The third-order valence-electron chi connectivity index (χ3n) is 4.46. The first kappa shape index (κ1) is 16.5. The van der Waals surface area contributed by atoms with Gasteiger partial charge in [-0.3, -0.25) is 4.79 Å². The molecule has 1 aliphatic rings. The van der Waals surface area contributed by atoms with Crippen LogP contribution in [0.15, 0.2) is 29.6 Å². The molecule has 3 nitrogen and oxygen atoms in total. The third kappa shape index (κ3) is 4.12. The maximum atomic E-state index is 12.3. The molecular weight excluding hydrogens is 328 g/mol. The van der Waals surface area contributed by atoms with E-state index in [4.69, 9.17) is 11.6 Å². The van der Waals surface area contributed by atoms with E-state index in [0.717, 1.165) is 22.7 Å². The van der Waals surface area contributed by atoms with Crippen LogP contribution in [0.25, 0.3) is 10.6 Å². The fraction of sp³-hybridized carbons (Fsp3) is 0.444. The molecule has 0 aliphatic heterocycles. The van der Waals surface area contributed by atoms with Crippen molar-refractivity contribution in [2.24, 2.45) is 5.92 Å². The van der Waals surface area contributed by atoms with Crippen molar-refractivity contribution in [3.8, 4) is 10.6 Å². The standard InChI is InChI=1S/C18H21ClN2OS/c1-12-6-2-5-9-16(12)21-17(22)10-13-11-23-18(20-13)14-7-3-4-8-15(14)19/h3-4,7-8,11-12,16H,2,5-6,9-10H2,1H3,(H,21,22). The number of halogens is 1. The van der Waals surface area contributed by atoms with Crippen LogP contribution in [-0.2, 0) is 11.2 Å². The van der Waals surface area contributed by atoms with Gasteiger partial charge in [0.05, 0.1) is 17.1 Å². The van der Waals surface area contributed by atoms with Crippen molar-refractivity contribution in [3.05, 3.63) is 40.4 Å². The molecule has 2 unspecified atom stereocenters. The van der Waals surface area contributed by atoms with Crippen LogP contribution in [-0.4, -0.2) is 16.9 Å². The lowest BCUT2D eigenvalue weighted by Gasteiger charge is -2.29. The largest absolute Gasteiger partial charge is 0.353 e. The number of rotatable bonds is 4. The third-order valence-corrected chi connectivity index (χ3v) is 5.71. The molecule has 2 atom stereocenters. The summed E-state index contributed by atoms with van der Waals surface area (Å²) < 4.78 is 0. The quantitative estimate of drug-likeness (QED) is 0.870. The highest BCUT2D eigenvalue weighted by Crippen LogP contribution is 2.30. The van der Waals surface area contributed by atoms with Crippen molar-refractivity contribution >= 4 is 28.8 Å². The molecule has 1 amide bonds. The number of carbonyl (C=O) groups excluding carboxylic acids is 1. The number of carbonyl (C=O) groups is 1. The Kier molecular flexibility index (Phi) is 5.34. The first-order valence-electron chi connectivity index (χ1n) is 8.12.